The Balaban J connectivity index is 1.43. The Labute approximate surface area is 172 Å². The summed E-state index contributed by atoms with van der Waals surface area (Å²) in [6, 6.07) is 19.6. The molecule has 6 nitrogen and oxygen atoms in total. The van der Waals surface area contributed by atoms with E-state index in [2.05, 4.69) is 0 Å². The number of esters is 1. The van der Waals surface area contributed by atoms with Gasteiger partial charge in [0.15, 0.2) is 5.78 Å². The number of imide groups is 1. The van der Waals surface area contributed by atoms with Gasteiger partial charge in [-0.1, -0.05) is 24.3 Å². The van der Waals surface area contributed by atoms with Crippen LogP contribution in [0.2, 0.25) is 0 Å². The van der Waals surface area contributed by atoms with Gasteiger partial charge in [-0.15, -0.1) is 0 Å². The zero-order chi connectivity index (χ0) is 21.3. The number of benzene rings is 3. The molecule has 0 radical (unpaired) electrons. The summed E-state index contributed by atoms with van der Waals surface area (Å²) in [5.41, 5.74) is 2.38. The third-order valence-electron chi connectivity index (χ3n) is 4.88. The van der Waals surface area contributed by atoms with Crippen molar-refractivity contribution in [2.75, 3.05) is 0 Å². The number of amides is 2. The molecule has 6 heteroatoms. The average molecular weight is 399 g/mol. The number of carbonyl (C=O) groups is 4. The zero-order valence-corrected chi connectivity index (χ0v) is 16.1. The molecule has 1 aliphatic heterocycles. The lowest BCUT2D eigenvalue weighted by atomic mass is 10.1. The number of Topliss-reactive ketones (excluding diaryl/α,β-unsaturated/α-hetero) is 1. The summed E-state index contributed by atoms with van der Waals surface area (Å²) in [6.45, 7) is 1.58. The van der Waals surface area contributed by atoms with Crippen molar-refractivity contribution in [2.24, 2.45) is 0 Å². The second-order valence-corrected chi connectivity index (χ2v) is 6.91. The maximum atomic E-state index is 12.5. The summed E-state index contributed by atoms with van der Waals surface area (Å²) in [6.07, 6.45) is 0. The number of hydrogen-bond acceptors (Lipinski definition) is 5. The van der Waals surface area contributed by atoms with Gasteiger partial charge in [0.05, 0.1) is 23.2 Å². The molecule has 0 saturated heterocycles. The minimum absolute atomic E-state index is 0.0680. The first-order valence-corrected chi connectivity index (χ1v) is 9.31. The van der Waals surface area contributed by atoms with E-state index < -0.39 is 5.97 Å². The van der Waals surface area contributed by atoms with Crippen LogP contribution in [0.4, 0.5) is 0 Å². The van der Waals surface area contributed by atoms with Gasteiger partial charge in [0.1, 0.15) is 5.75 Å². The van der Waals surface area contributed by atoms with Crippen LogP contribution >= 0.6 is 0 Å². The summed E-state index contributed by atoms with van der Waals surface area (Å²) in [7, 11) is 0. The number of nitrogens with zero attached hydrogens (tertiary/aromatic N) is 1. The Hall–Kier alpha value is -4.06. The Kier molecular flexibility index (Phi) is 4.98. The van der Waals surface area contributed by atoms with Crippen molar-refractivity contribution in [3.8, 4) is 5.75 Å². The highest BCUT2D eigenvalue weighted by Gasteiger charge is 2.34. The summed E-state index contributed by atoms with van der Waals surface area (Å²) in [4.78, 5) is 49.8. The SMILES string of the molecule is CC(=O)c1ccc(OC(=O)c2ccc(CN3C(=O)c4ccccc4C3=O)cc2)cc1. The summed E-state index contributed by atoms with van der Waals surface area (Å²) in [5.74, 6) is -0.930. The highest BCUT2D eigenvalue weighted by atomic mass is 16.5. The van der Waals surface area contributed by atoms with Crippen LogP contribution in [0.25, 0.3) is 0 Å². The topological polar surface area (TPSA) is 80.8 Å². The monoisotopic (exact) mass is 399 g/mol. The van der Waals surface area contributed by atoms with E-state index in [-0.39, 0.29) is 24.1 Å². The number of carbonyl (C=O) groups excluding carboxylic acids is 4. The second-order valence-electron chi connectivity index (χ2n) is 6.91. The molecule has 0 fully saturated rings. The van der Waals surface area contributed by atoms with Gasteiger partial charge >= 0.3 is 5.97 Å². The molecule has 0 unspecified atom stereocenters. The van der Waals surface area contributed by atoms with Crippen molar-refractivity contribution in [3.63, 3.8) is 0 Å². The molecule has 0 spiro atoms. The molecule has 1 heterocycles. The van der Waals surface area contributed by atoms with Crippen molar-refractivity contribution >= 4 is 23.6 Å². The van der Waals surface area contributed by atoms with Crippen molar-refractivity contribution in [3.05, 3.63) is 101 Å². The lowest BCUT2D eigenvalue weighted by Crippen LogP contribution is -2.29. The number of fused-ring (bicyclic) bond motifs is 1. The predicted molar refractivity (Wildman–Crippen MR) is 108 cm³/mol. The van der Waals surface area contributed by atoms with Crippen molar-refractivity contribution in [1.29, 1.82) is 0 Å². The molecule has 148 valence electrons. The van der Waals surface area contributed by atoms with Crippen LogP contribution in [-0.4, -0.2) is 28.5 Å². The minimum Gasteiger partial charge on any atom is -0.423 e. The first-order valence-electron chi connectivity index (χ1n) is 9.31. The van der Waals surface area contributed by atoms with Crippen molar-refractivity contribution in [1.82, 2.24) is 4.90 Å². The van der Waals surface area contributed by atoms with Gasteiger partial charge in [0, 0.05) is 5.56 Å². The fraction of sp³-hybridized carbons (Fsp3) is 0.0833. The average Bonchev–Trinajstić information content (AvgIpc) is 3.00. The first-order chi connectivity index (χ1) is 14.4. The van der Waals surface area contributed by atoms with E-state index in [9.17, 15) is 19.2 Å². The van der Waals surface area contributed by atoms with E-state index in [1.54, 1.807) is 72.8 Å². The third kappa shape index (κ3) is 3.63. The lowest BCUT2D eigenvalue weighted by Gasteiger charge is -2.14. The molecule has 3 aromatic carbocycles. The number of hydrogen-bond donors (Lipinski definition) is 0. The van der Waals surface area contributed by atoms with Gasteiger partial charge in [-0.3, -0.25) is 19.3 Å². The number of rotatable bonds is 5. The largest absolute Gasteiger partial charge is 0.423 e. The molecule has 0 atom stereocenters. The van der Waals surface area contributed by atoms with Gasteiger partial charge in [-0.2, -0.15) is 0 Å². The minimum atomic E-state index is -0.544. The van der Waals surface area contributed by atoms with Crippen LogP contribution < -0.4 is 4.74 Å². The fourth-order valence-corrected chi connectivity index (χ4v) is 3.24. The molecular formula is C24H17NO5. The van der Waals surface area contributed by atoms with Crippen LogP contribution in [0.15, 0.2) is 72.8 Å². The Morgan fingerprint density at radius 2 is 1.30 bits per heavy atom. The molecule has 0 bridgehead atoms. The Morgan fingerprint density at radius 3 is 1.83 bits per heavy atom. The normalized spacial score (nSPS) is 12.6. The predicted octanol–water partition coefficient (Wildman–Crippen LogP) is 3.90. The van der Waals surface area contributed by atoms with E-state index in [0.717, 1.165) is 0 Å². The van der Waals surface area contributed by atoms with Gasteiger partial charge in [0.2, 0.25) is 0 Å². The molecule has 30 heavy (non-hydrogen) atoms. The molecule has 4 rings (SSSR count). The standard InChI is InChI=1S/C24H17NO5/c1-15(26)17-10-12-19(13-11-17)30-24(29)18-8-6-16(7-9-18)14-25-22(27)20-4-2-3-5-21(20)23(25)28/h2-13H,14H2,1H3. The molecule has 1 aliphatic rings. The highest BCUT2D eigenvalue weighted by molar-refractivity contribution is 6.21. The quantitative estimate of drug-likeness (QED) is 0.281. The van der Waals surface area contributed by atoms with Gasteiger partial charge in [-0.25, -0.2) is 4.79 Å². The van der Waals surface area contributed by atoms with E-state index in [0.29, 0.717) is 33.6 Å². The Morgan fingerprint density at radius 1 is 0.767 bits per heavy atom. The van der Waals surface area contributed by atoms with E-state index in [1.165, 1.54) is 11.8 Å². The van der Waals surface area contributed by atoms with E-state index >= 15 is 0 Å². The summed E-state index contributed by atoms with van der Waals surface area (Å²) >= 11 is 0. The van der Waals surface area contributed by atoms with Crippen LogP contribution in [0.3, 0.4) is 0 Å². The molecule has 3 aromatic rings. The Bertz CT molecular complexity index is 1130. The van der Waals surface area contributed by atoms with Crippen molar-refractivity contribution in [2.45, 2.75) is 13.5 Å². The molecule has 0 saturated carbocycles. The van der Waals surface area contributed by atoms with Gasteiger partial charge < -0.3 is 4.74 Å². The molecular weight excluding hydrogens is 382 g/mol. The van der Waals surface area contributed by atoms with Gasteiger partial charge in [-0.05, 0) is 61.0 Å². The third-order valence-corrected chi connectivity index (χ3v) is 4.88. The van der Waals surface area contributed by atoms with Crippen molar-refractivity contribution < 1.29 is 23.9 Å². The van der Waals surface area contributed by atoms with E-state index in [1.807, 2.05) is 0 Å². The van der Waals surface area contributed by atoms with E-state index in [4.69, 9.17) is 4.74 Å². The zero-order valence-electron chi connectivity index (χ0n) is 16.1. The second kappa shape index (κ2) is 7.75. The van der Waals surface area contributed by atoms with Crippen LogP contribution in [0.5, 0.6) is 5.75 Å². The first kappa shape index (κ1) is 19.3. The van der Waals surface area contributed by atoms with Gasteiger partial charge in [0.25, 0.3) is 11.8 Å². The number of ether oxygens (including phenoxy) is 1. The maximum absolute atomic E-state index is 12.5. The fourth-order valence-electron chi connectivity index (χ4n) is 3.24. The molecule has 0 aliphatic carbocycles. The highest BCUT2D eigenvalue weighted by Crippen LogP contribution is 2.24. The number of ketones is 1. The smallest absolute Gasteiger partial charge is 0.343 e. The summed E-state index contributed by atoms with van der Waals surface area (Å²) < 4.78 is 5.32. The summed E-state index contributed by atoms with van der Waals surface area (Å²) in [5, 5.41) is 0. The maximum Gasteiger partial charge on any atom is 0.343 e. The lowest BCUT2D eigenvalue weighted by molar-refractivity contribution is 0.0640. The van der Waals surface area contributed by atoms with Crippen LogP contribution in [-0.2, 0) is 6.54 Å². The van der Waals surface area contributed by atoms with Crippen LogP contribution in [0, 0.1) is 0 Å². The molecule has 2 amide bonds. The molecule has 0 aromatic heterocycles. The van der Waals surface area contributed by atoms with Crippen LogP contribution in [0.1, 0.15) is 53.9 Å². The molecule has 0 N–H and O–H groups in total.